The molecular weight excluding hydrogens is 608 g/mol. The fourth-order valence-corrected chi connectivity index (χ4v) is 7.51. The number of ether oxygens (including phenoxy) is 2. The minimum atomic E-state index is -3.92. The van der Waals surface area contributed by atoms with Gasteiger partial charge in [-0.2, -0.15) is 8.42 Å². The summed E-state index contributed by atoms with van der Waals surface area (Å²) in [5, 5.41) is 3.59. The van der Waals surface area contributed by atoms with E-state index >= 15 is 0 Å². The van der Waals surface area contributed by atoms with Crippen LogP contribution in [-0.4, -0.2) is 86.0 Å². The van der Waals surface area contributed by atoms with Gasteiger partial charge < -0.3 is 23.9 Å². The number of methoxy groups -OCH3 is 1. The normalized spacial score (nSPS) is 18.4. The molecule has 248 valence electrons. The number of amides is 1. The number of likely N-dealkylation sites (tertiary alicyclic amines) is 2. The first kappa shape index (κ1) is 32.3. The van der Waals surface area contributed by atoms with Crippen molar-refractivity contribution in [1.29, 1.82) is 0 Å². The number of hydrogen-bond donors (Lipinski definition) is 1. The van der Waals surface area contributed by atoms with E-state index in [1.807, 2.05) is 18.2 Å². The third-order valence-corrected chi connectivity index (χ3v) is 9.51. The molecule has 0 spiro atoms. The van der Waals surface area contributed by atoms with Gasteiger partial charge in [-0.1, -0.05) is 12.5 Å². The van der Waals surface area contributed by atoms with E-state index in [1.54, 1.807) is 26.8 Å². The predicted molar refractivity (Wildman–Crippen MR) is 176 cm³/mol. The number of carbonyl (C=O) groups excluding carboxylic acids is 2. The quantitative estimate of drug-likeness (QED) is 0.347. The highest BCUT2D eigenvalue weighted by atomic mass is 32.2. The fourth-order valence-electron chi connectivity index (χ4n) is 7.03. The number of nitrogens with zero attached hydrogens (tertiary/aromatic N) is 3. The van der Waals surface area contributed by atoms with E-state index in [2.05, 4.69) is 21.2 Å². The van der Waals surface area contributed by atoms with Crippen molar-refractivity contribution in [2.24, 2.45) is 0 Å². The number of hydrogen-bond acceptors (Lipinski definition) is 9. The number of fused-ring (bicyclic) bond motifs is 2. The van der Waals surface area contributed by atoms with Gasteiger partial charge >= 0.3 is 16.2 Å². The average Bonchev–Trinajstić information content (AvgIpc) is 3.57. The van der Waals surface area contributed by atoms with Gasteiger partial charge in [0.2, 0.25) is 0 Å². The Kier molecular flexibility index (Phi) is 8.81. The lowest BCUT2D eigenvalue weighted by atomic mass is 9.98. The van der Waals surface area contributed by atoms with Gasteiger partial charge in [-0.15, -0.1) is 0 Å². The Balaban J connectivity index is 1.38. The molecule has 0 atom stereocenters. The number of aromatic nitrogens is 1. The summed E-state index contributed by atoms with van der Waals surface area (Å²) in [4.78, 5) is 32.2. The molecule has 0 aliphatic carbocycles. The molecule has 3 aliphatic rings. The Hall–Kier alpha value is -3.61. The maximum absolute atomic E-state index is 13.8. The number of rotatable bonds is 7. The first-order valence-corrected chi connectivity index (χ1v) is 17.9. The van der Waals surface area contributed by atoms with Crippen molar-refractivity contribution in [2.75, 3.05) is 39.5 Å². The average molecular weight is 653 g/mol. The Bertz CT molecular complexity index is 1760. The van der Waals surface area contributed by atoms with E-state index in [4.69, 9.17) is 13.7 Å². The third kappa shape index (κ3) is 6.74. The predicted octanol–water partition coefficient (Wildman–Crippen LogP) is 5.13. The minimum absolute atomic E-state index is 0.0478. The summed E-state index contributed by atoms with van der Waals surface area (Å²) in [6.07, 6.45) is 6.67. The van der Waals surface area contributed by atoms with E-state index in [1.165, 1.54) is 56.9 Å². The Morgan fingerprint density at radius 3 is 2.39 bits per heavy atom. The second kappa shape index (κ2) is 12.5. The summed E-state index contributed by atoms with van der Waals surface area (Å²) in [5.41, 5.74) is 2.42. The summed E-state index contributed by atoms with van der Waals surface area (Å²) in [6.45, 7) is 10.8. The van der Waals surface area contributed by atoms with Crippen LogP contribution in [0.2, 0.25) is 0 Å². The molecule has 2 aromatic carbocycles. The third-order valence-electron chi connectivity index (χ3n) is 9.04. The monoisotopic (exact) mass is 652 g/mol. The molecule has 3 aliphatic heterocycles. The molecule has 0 saturated carbocycles. The smallest absolute Gasteiger partial charge is 0.419 e. The molecule has 6 rings (SSSR count). The van der Waals surface area contributed by atoms with Crippen LogP contribution in [0, 0.1) is 0 Å². The molecule has 2 saturated heterocycles. The fraction of sp³-hybridized carbons (Fsp3) is 0.529. The van der Waals surface area contributed by atoms with E-state index < -0.39 is 27.7 Å². The first-order valence-electron chi connectivity index (χ1n) is 16.1. The van der Waals surface area contributed by atoms with Gasteiger partial charge in [0.05, 0.1) is 30.1 Å². The Morgan fingerprint density at radius 2 is 1.74 bits per heavy atom. The van der Waals surface area contributed by atoms with Crippen LogP contribution in [0.1, 0.15) is 74.4 Å². The van der Waals surface area contributed by atoms with Gasteiger partial charge in [0.15, 0.2) is 11.5 Å². The van der Waals surface area contributed by atoms with Gasteiger partial charge in [-0.3, -0.25) is 9.69 Å². The van der Waals surface area contributed by atoms with Crippen LogP contribution in [0.15, 0.2) is 30.3 Å². The van der Waals surface area contributed by atoms with Crippen molar-refractivity contribution in [3.8, 4) is 22.8 Å². The SMILES string of the molecule is COc1cc(-c2cc3cc(CN4CCC(N5CCCCC5)CC4)ccc3n2C(=O)OC(C)(C)C)c2c(c1OS(C)(=O)=O)CNC2=O. The van der Waals surface area contributed by atoms with Gasteiger partial charge in [0.25, 0.3) is 5.91 Å². The molecule has 4 heterocycles. The number of piperidine rings is 2. The van der Waals surface area contributed by atoms with Gasteiger partial charge in [-0.25, -0.2) is 9.36 Å². The summed E-state index contributed by atoms with van der Waals surface area (Å²) in [5.74, 6) is -0.320. The van der Waals surface area contributed by atoms with Crippen molar-refractivity contribution < 1.29 is 31.7 Å². The van der Waals surface area contributed by atoms with Crippen molar-refractivity contribution in [3.05, 3.63) is 47.0 Å². The second-order valence-electron chi connectivity index (χ2n) is 13.6. The van der Waals surface area contributed by atoms with Crippen molar-refractivity contribution >= 4 is 33.0 Å². The molecule has 11 nitrogen and oxygen atoms in total. The number of benzene rings is 2. The lowest BCUT2D eigenvalue weighted by Crippen LogP contribution is -2.46. The van der Waals surface area contributed by atoms with Crippen molar-refractivity contribution in [1.82, 2.24) is 19.7 Å². The molecule has 1 N–H and O–H groups in total. The van der Waals surface area contributed by atoms with Crippen LogP contribution in [0.3, 0.4) is 0 Å². The van der Waals surface area contributed by atoms with E-state index in [-0.39, 0.29) is 23.6 Å². The Labute approximate surface area is 270 Å². The Morgan fingerprint density at radius 1 is 1.02 bits per heavy atom. The molecule has 1 amide bonds. The summed E-state index contributed by atoms with van der Waals surface area (Å²) in [7, 11) is -2.52. The highest BCUT2D eigenvalue weighted by Gasteiger charge is 2.34. The highest BCUT2D eigenvalue weighted by Crippen LogP contribution is 2.44. The van der Waals surface area contributed by atoms with Gasteiger partial charge in [0.1, 0.15) is 5.60 Å². The molecule has 0 unspecified atom stereocenters. The van der Waals surface area contributed by atoms with Gasteiger partial charge in [-0.05, 0) is 102 Å². The van der Waals surface area contributed by atoms with Gasteiger partial charge in [0, 0.05) is 35.6 Å². The lowest BCUT2D eigenvalue weighted by molar-refractivity contribution is 0.0546. The van der Waals surface area contributed by atoms with Crippen LogP contribution in [-0.2, 0) is 27.9 Å². The lowest BCUT2D eigenvalue weighted by Gasteiger charge is -2.40. The van der Waals surface area contributed by atoms with Crippen molar-refractivity contribution in [2.45, 2.75) is 77.6 Å². The van der Waals surface area contributed by atoms with Crippen LogP contribution in [0.4, 0.5) is 4.79 Å². The maximum atomic E-state index is 13.8. The largest absolute Gasteiger partial charge is 0.493 e. The van der Waals surface area contributed by atoms with Crippen LogP contribution in [0.5, 0.6) is 11.5 Å². The van der Waals surface area contributed by atoms with E-state index in [9.17, 15) is 18.0 Å². The summed E-state index contributed by atoms with van der Waals surface area (Å²) in [6, 6.07) is 10.2. The second-order valence-corrected chi connectivity index (χ2v) is 15.2. The molecule has 0 radical (unpaired) electrons. The molecule has 12 heteroatoms. The molecule has 1 aromatic heterocycles. The summed E-state index contributed by atoms with van der Waals surface area (Å²) >= 11 is 0. The molecule has 2 fully saturated rings. The number of nitrogens with one attached hydrogen (secondary N) is 1. The molecule has 46 heavy (non-hydrogen) atoms. The summed E-state index contributed by atoms with van der Waals surface area (Å²) < 4.78 is 42.4. The van der Waals surface area contributed by atoms with E-state index in [0.29, 0.717) is 28.4 Å². The molecule has 3 aromatic rings. The zero-order valence-corrected chi connectivity index (χ0v) is 28.2. The zero-order valence-electron chi connectivity index (χ0n) is 27.3. The minimum Gasteiger partial charge on any atom is -0.493 e. The van der Waals surface area contributed by atoms with E-state index in [0.717, 1.165) is 36.8 Å². The zero-order chi connectivity index (χ0) is 32.8. The standard InChI is InChI=1S/C34H44N4O7S/c1-34(2,3)44-33(40)38-27-10-9-22(21-36-15-11-24(12-16-36)37-13-7-6-8-14-37)17-23(27)18-28(38)25-19-29(43-4)31(45-46(5,41)42)26-20-35-32(39)30(25)26/h9-10,17-19,24H,6-8,11-16,20-21H2,1-5H3,(H,35,39). The first-order chi connectivity index (χ1) is 21.8. The highest BCUT2D eigenvalue weighted by molar-refractivity contribution is 7.86. The number of carbonyl (C=O) groups is 2. The van der Waals surface area contributed by atoms with Crippen LogP contribution >= 0.6 is 0 Å². The molecule has 0 bridgehead atoms. The van der Waals surface area contributed by atoms with Crippen LogP contribution < -0.4 is 14.2 Å². The molecular formula is C34H44N4O7S. The van der Waals surface area contributed by atoms with Crippen molar-refractivity contribution in [3.63, 3.8) is 0 Å². The van der Waals surface area contributed by atoms with Crippen LogP contribution in [0.25, 0.3) is 22.2 Å². The maximum Gasteiger partial charge on any atom is 0.419 e. The topological polar surface area (TPSA) is 119 Å².